The van der Waals surface area contributed by atoms with Crippen LogP contribution in [0.5, 0.6) is 0 Å². The Bertz CT molecular complexity index is 574. The van der Waals surface area contributed by atoms with Crippen LogP contribution in [0.25, 0.3) is 0 Å². The summed E-state index contributed by atoms with van der Waals surface area (Å²) in [6.07, 6.45) is 2.65. The topological polar surface area (TPSA) is 3.24 Å². The summed E-state index contributed by atoms with van der Waals surface area (Å²) in [6.45, 7) is 11.3. The highest BCUT2D eigenvalue weighted by Gasteiger charge is 2.25. The fraction of sp³-hybridized carbons (Fsp3) is 0.429. The largest absolute Gasteiger partial charge is 0.292 e. The first kappa shape index (κ1) is 15.3. The Labute approximate surface area is 135 Å². The van der Waals surface area contributed by atoms with Crippen molar-refractivity contribution in [2.75, 3.05) is 13.1 Å². The molecule has 2 aromatic carbocycles. The van der Waals surface area contributed by atoms with Crippen LogP contribution in [0.4, 0.5) is 0 Å². The van der Waals surface area contributed by atoms with Crippen molar-refractivity contribution >= 4 is 0 Å². The first-order valence-corrected chi connectivity index (χ1v) is 8.43. The number of nitrogens with zero attached hydrogens (tertiary/aromatic N) is 1. The van der Waals surface area contributed by atoms with Gasteiger partial charge in [0, 0.05) is 0 Å². The molecule has 0 aromatic heterocycles. The lowest BCUT2D eigenvalue weighted by Gasteiger charge is -2.29. The first-order valence-electron chi connectivity index (χ1n) is 8.43. The average molecular weight is 293 g/mol. The van der Waals surface area contributed by atoms with Crippen LogP contribution >= 0.6 is 0 Å². The van der Waals surface area contributed by atoms with E-state index in [0.717, 1.165) is 0 Å². The summed E-state index contributed by atoms with van der Waals surface area (Å²) in [4.78, 5) is 2.66. The molecule has 3 rings (SSSR count). The standard InChI is InChI=1S/C21H27N/c1-15-9-16(2)12-19(11-15)21(22-7-5-6-8-22)20-13-17(3)10-18(4)14-20/h9-14,21H,5-8H2,1-4H3. The van der Waals surface area contributed by atoms with Gasteiger partial charge in [0.1, 0.15) is 0 Å². The molecule has 1 saturated heterocycles. The predicted molar refractivity (Wildman–Crippen MR) is 94.5 cm³/mol. The van der Waals surface area contributed by atoms with Gasteiger partial charge in [-0.15, -0.1) is 0 Å². The van der Waals surface area contributed by atoms with Gasteiger partial charge in [-0.1, -0.05) is 58.7 Å². The van der Waals surface area contributed by atoms with Crippen molar-refractivity contribution in [2.24, 2.45) is 0 Å². The Morgan fingerprint density at radius 2 is 1.00 bits per heavy atom. The molecule has 0 radical (unpaired) electrons. The molecule has 1 heterocycles. The number of hydrogen-bond donors (Lipinski definition) is 0. The lowest BCUT2D eigenvalue weighted by molar-refractivity contribution is 0.281. The minimum Gasteiger partial charge on any atom is -0.292 e. The number of aryl methyl sites for hydroxylation is 4. The van der Waals surface area contributed by atoms with Crippen LogP contribution in [0.2, 0.25) is 0 Å². The van der Waals surface area contributed by atoms with E-state index in [1.807, 2.05) is 0 Å². The van der Waals surface area contributed by atoms with E-state index in [2.05, 4.69) is 69.0 Å². The summed E-state index contributed by atoms with van der Waals surface area (Å²) in [5.41, 5.74) is 8.35. The van der Waals surface area contributed by atoms with Crippen LogP contribution in [-0.4, -0.2) is 18.0 Å². The molecule has 2 aromatic rings. The third-order valence-corrected chi connectivity index (χ3v) is 4.63. The van der Waals surface area contributed by atoms with Crippen LogP contribution in [0, 0.1) is 27.7 Å². The Morgan fingerprint density at radius 1 is 0.636 bits per heavy atom. The molecule has 1 aliphatic rings. The first-order chi connectivity index (χ1) is 10.5. The third kappa shape index (κ3) is 3.25. The normalized spacial score (nSPS) is 15.7. The molecule has 0 spiro atoms. The molecule has 0 aliphatic carbocycles. The minimum atomic E-state index is 0.402. The highest BCUT2D eigenvalue weighted by atomic mass is 15.2. The van der Waals surface area contributed by atoms with Gasteiger partial charge in [-0.2, -0.15) is 0 Å². The summed E-state index contributed by atoms with van der Waals surface area (Å²) in [6, 6.07) is 14.4. The second kappa shape index (κ2) is 6.26. The van der Waals surface area contributed by atoms with E-state index < -0.39 is 0 Å². The SMILES string of the molecule is Cc1cc(C)cc(C(c2cc(C)cc(C)c2)N2CCCC2)c1. The zero-order valence-corrected chi connectivity index (χ0v) is 14.3. The van der Waals surface area contributed by atoms with Gasteiger partial charge in [0.05, 0.1) is 6.04 Å². The monoisotopic (exact) mass is 293 g/mol. The molecule has 0 atom stereocenters. The van der Waals surface area contributed by atoms with E-state index in [1.165, 1.54) is 59.3 Å². The highest BCUT2D eigenvalue weighted by Crippen LogP contribution is 2.33. The number of rotatable bonds is 3. The van der Waals surface area contributed by atoms with Gasteiger partial charge in [0.15, 0.2) is 0 Å². The van der Waals surface area contributed by atoms with Crippen molar-refractivity contribution in [3.8, 4) is 0 Å². The van der Waals surface area contributed by atoms with Crippen molar-refractivity contribution in [3.05, 3.63) is 69.8 Å². The van der Waals surface area contributed by atoms with Crippen molar-refractivity contribution in [3.63, 3.8) is 0 Å². The average Bonchev–Trinajstić information content (AvgIpc) is 2.90. The zero-order valence-electron chi connectivity index (χ0n) is 14.3. The molecule has 116 valence electrons. The van der Waals surface area contributed by atoms with Crippen LogP contribution in [0.15, 0.2) is 36.4 Å². The van der Waals surface area contributed by atoms with E-state index in [0.29, 0.717) is 6.04 Å². The van der Waals surface area contributed by atoms with E-state index in [-0.39, 0.29) is 0 Å². The molecule has 1 fully saturated rings. The Kier molecular flexibility index (Phi) is 4.35. The summed E-state index contributed by atoms with van der Waals surface area (Å²) >= 11 is 0. The van der Waals surface area contributed by atoms with Gasteiger partial charge in [0.25, 0.3) is 0 Å². The second-order valence-corrected chi connectivity index (χ2v) is 6.99. The van der Waals surface area contributed by atoms with Gasteiger partial charge in [0.2, 0.25) is 0 Å². The number of hydrogen-bond acceptors (Lipinski definition) is 1. The van der Waals surface area contributed by atoms with E-state index in [4.69, 9.17) is 0 Å². The van der Waals surface area contributed by atoms with Crippen LogP contribution in [0.3, 0.4) is 0 Å². The molecule has 0 bridgehead atoms. The van der Waals surface area contributed by atoms with Crippen molar-refractivity contribution in [1.82, 2.24) is 4.90 Å². The van der Waals surface area contributed by atoms with E-state index in [9.17, 15) is 0 Å². The fourth-order valence-electron chi connectivity index (χ4n) is 3.95. The molecule has 22 heavy (non-hydrogen) atoms. The number of likely N-dealkylation sites (tertiary alicyclic amines) is 1. The highest BCUT2D eigenvalue weighted by molar-refractivity contribution is 5.40. The summed E-state index contributed by atoms with van der Waals surface area (Å²) < 4.78 is 0. The van der Waals surface area contributed by atoms with Gasteiger partial charge >= 0.3 is 0 Å². The fourth-order valence-corrected chi connectivity index (χ4v) is 3.95. The van der Waals surface area contributed by atoms with Gasteiger partial charge < -0.3 is 0 Å². The Hall–Kier alpha value is -1.60. The maximum Gasteiger partial charge on any atom is 0.0602 e. The van der Waals surface area contributed by atoms with Crippen LogP contribution < -0.4 is 0 Å². The van der Waals surface area contributed by atoms with Crippen LogP contribution in [0.1, 0.15) is 52.3 Å². The molecule has 0 N–H and O–H groups in total. The Morgan fingerprint density at radius 3 is 1.36 bits per heavy atom. The molecule has 1 nitrogen and oxygen atoms in total. The van der Waals surface area contributed by atoms with Gasteiger partial charge in [-0.05, 0) is 64.8 Å². The van der Waals surface area contributed by atoms with Crippen LogP contribution in [-0.2, 0) is 0 Å². The molecular formula is C21H27N. The molecule has 0 unspecified atom stereocenters. The molecule has 0 saturated carbocycles. The predicted octanol–water partition coefficient (Wildman–Crippen LogP) is 5.11. The third-order valence-electron chi connectivity index (χ3n) is 4.63. The maximum absolute atomic E-state index is 2.66. The van der Waals surface area contributed by atoms with E-state index in [1.54, 1.807) is 0 Å². The summed E-state index contributed by atoms with van der Waals surface area (Å²) in [7, 11) is 0. The van der Waals surface area contributed by atoms with Crippen molar-refractivity contribution in [1.29, 1.82) is 0 Å². The zero-order chi connectivity index (χ0) is 15.7. The molecule has 0 amide bonds. The van der Waals surface area contributed by atoms with Gasteiger partial charge in [-0.25, -0.2) is 0 Å². The van der Waals surface area contributed by atoms with E-state index >= 15 is 0 Å². The number of benzene rings is 2. The summed E-state index contributed by atoms with van der Waals surface area (Å²) in [5.74, 6) is 0. The molecule has 1 aliphatic heterocycles. The lowest BCUT2D eigenvalue weighted by Crippen LogP contribution is -2.26. The lowest BCUT2D eigenvalue weighted by atomic mass is 9.92. The summed E-state index contributed by atoms with van der Waals surface area (Å²) in [5, 5.41) is 0. The van der Waals surface area contributed by atoms with Crippen molar-refractivity contribution < 1.29 is 0 Å². The molecular weight excluding hydrogens is 266 g/mol. The molecule has 1 heteroatoms. The second-order valence-electron chi connectivity index (χ2n) is 6.99. The van der Waals surface area contributed by atoms with Gasteiger partial charge in [-0.3, -0.25) is 4.90 Å². The quantitative estimate of drug-likeness (QED) is 0.760. The van der Waals surface area contributed by atoms with Crippen molar-refractivity contribution in [2.45, 2.75) is 46.6 Å². The maximum atomic E-state index is 2.66. The Balaban J connectivity index is 2.10. The smallest absolute Gasteiger partial charge is 0.0602 e. The minimum absolute atomic E-state index is 0.402.